The molecular weight excluding hydrogens is 360 g/mol. The maximum Gasteiger partial charge on any atom is 0.282 e. The van der Waals surface area contributed by atoms with Crippen LogP contribution in [-0.2, 0) is 9.59 Å². The number of halogens is 1. The van der Waals surface area contributed by atoms with Crippen LogP contribution >= 0.6 is 11.6 Å². The zero-order valence-corrected chi connectivity index (χ0v) is 14.7. The molecule has 134 valence electrons. The van der Waals surface area contributed by atoms with Gasteiger partial charge in [-0.15, -0.1) is 0 Å². The Morgan fingerprint density at radius 2 is 1.77 bits per heavy atom. The molecule has 2 aromatic rings. The fourth-order valence-corrected chi connectivity index (χ4v) is 2.70. The lowest BCUT2D eigenvalue weighted by molar-refractivity contribution is -0.117. The van der Waals surface area contributed by atoms with Gasteiger partial charge < -0.3 is 14.6 Å². The minimum atomic E-state index is -0.555. The molecule has 3 rings (SSSR count). The SMILES string of the molecule is COc1cc(C=C2C(=O)NN(c3cccc(Cl)c3)C2=O)cc(OC)c1O. The van der Waals surface area contributed by atoms with Crippen molar-refractivity contribution in [3.05, 3.63) is 52.6 Å². The quantitative estimate of drug-likeness (QED) is 0.634. The highest BCUT2D eigenvalue weighted by Gasteiger charge is 2.34. The number of phenols is 1. The van der Waals surface area contributed by atoms with Gasteiger partial charge in [0.25, 0.3) is 11.8 Å². The van der Waals surface area contributed by atoms with E-state index in [1.807, 2.05) is 0 Å². The molecule has 1 heterocycles. The van der Waals surface area contributed by atoms with E-state index in [0.29, 0.717) is 16.3 Å². The zero-order chi connectivity index (χ0) is 18.8. The van der Waals surface area contributed by atoms with E-state index in [9.17, 15) is 14.7 Å². The van der Waals surface area contributed by atoms with Crippen LogP contribution in [0.5, 0.6) is 17.2 Å². The van der Waals surface area contributed by atoms with Crippen molar-refractivity contribution in [2.24, 2.45) is 0 Å². The molecule has 0 saturated carbocycles. The number of hydrazine groups is 1. The van der Waals surface area contributed by atoms with Gasteiger partial charge in [0, 0.05) is 5.02 Å². The third-order valence-electron chi connectivity index (χ3n) is 3.77. The number of carbonyl (C=O) groups is 2. The van der Waals surface area contributed by atoms with Gasteiger partial charge in [0.15, 0.2) is 11.5 Å². The van der Waals surface area contributed by atoms with Gasteiger partial charge in [0.1, 0.15) is 5.57 Å². The van der Waals surface area contributed by atoms with Crippen molar-refractivity contribution in [1.29, 1.82) is 0 Å². The molecule has 26 heavy (non-hydrogen) atoms. The number of anilines is 1. The first-order chi connectivity index (χ1) is 12.4. The third kappa shape index (κ3) is 3.16. The Morgan fingerprint density at radius 1 is 1.12 bits per heavy atom. The Kier molecular flexibility index (Phi) is 4.73. The Hall–Kier alpha value is -3.19. The highest BCUT2D eigenvalue weighted by molar-refractivity contribution is 6.33. The molecule has 2 N–H and O–H groups in total. The summed E-state index contributed by atoms with van der Waals surface area (Å²) in [4.78, 5) is 24.9. The van der Waals surface area contributed by atoms with Crippen molar-refractivity contribution in [3.8, 4) is 17.2 Å². The second kappa shape index (κ2) is 6.97. The average Bonchev–Trinajstić information content (AvgIpc) is 2.91. The van der Waals surface area contributed by atoms with E-state index < -0.39 is 11.8 Å². The summed E-state index contributed by atoms with van der Waals surface area (Å²) in [5.41, 5.74) is 3.33. The minimum absolute atomic E-state index is 0.0697. The second-order valence-corrected chi connectivity index (χ2v) is 5.83. The number of carbonyl (C=O) groups excluding carboxylic acids is 2. The summed E-state index contributed by atoms with van der Waals surface area (Å²) < 4.78 is 10.2. The van der Waals surface area contributed by atoms with Crippen LogP contribution in [0.2, 0.25) is 5.02 Å². The topological polar surface area (TPSA) is 88.1 Å². The fourth-order valence-electron chi connectivity index (χ4n) is 2.52. The zero-order valence-electron chi connectivity index (χ0n) is 13.9. The molecule has 0 unspecified atom stereocenters. The number of aromatic hydroxyl groups is 1. The molecule has 0 aliphatic carbocycles. The van der Waals surface area contributed by atoms with Gasteiger partial charge in [-0.25, -0.2) is 5.01 Å². The molecule has 0 aromatic heterocycles. The van der Waals surface area contributed by atoms with Gasteiger partial charge in [-0.3, -0.25) is 15.0 Å². The molecule has 0 atom stereocenters. The maximum atomic E-state index is 12.6. The van der Waals surface area contributed by atoms with Crippen molar-refractivity contribution in [2.45, 2.75) is 0 Å². The Balaban J connectivity index is 1.99. The van der Waals surface area contributed by atoms with Gasteiger partial charge in [-0.1, -0.05) is 17.7 Å². The highest BCUT2D eigenvalue weighted by atomic mass is 35.5. The highest BCUT2D eigenvalue weighted by Crippen LogP contribution is 2.38. The Morgan fingerprint density at radius 3 is 2.35 bits per heavy atom. The number of amides is 2. The Labute approximate surface area is 154 Å². The van der Waals surface area contributed by atoms with Crippen LogP contribution in [0.15, 0.2) is 42.0 Å². The van der Waals surface area contributed by atoms with Gasteiger partial charge in [0.2, 0.25) is 5.75 Å². The third-order valence-corrected chi connectivity index (χ3v) is 4.01. The lowest BCUT2D eigenvalue weighted by Crippen LogP contribution is -2.35. The number of rotatable bonds is 4. The summed E-state index contributed by atoms with van der Waals surface area (Å²) in [7, 11) is 2.78. The molecule has 1 fully saturated rings. The molecule has 1 saturated heterocycles. The van der Waals surface area contributed by atoms with E-state index in [4.69, 9.17) is 21.1 Å². The molecule has 1 aliphatic heterocycles. The van der Waals surface area contributed by atoms with Gasteiger partial charge in [-0.2, -0.15) is 0 Å². The van der Waals surface area contributed by atoms with Crippen LogP contribution in [-0.4, -0.2) is 31.1 Å². The molecule has 0 radical (unpaired) electrons. The van der Waals surface area contributed by atoms with Gasteiger partial charge in [-0.05, 0) is 42.0 Å². The molecule has 2 amide bonds. The first kappa shape index (κ1) is 17.6. The summed E-state index contributed by atoms with van der Waals surface area (Å²) in [5, 5.41) is 11.5. The van der Waals surface area contributed by atoms with Crippen molar-refractivity contribution >= 4 is 35.2 Å². The average molecular weight is 375 g/mol. The number of benzene rings is 2. The van der Waals surface area contributed by atoms with E-state index in [1.165, 1.54) is 32.4 Å². The predicted octanol–water partition coefficient (Wildman–Crippen LogP) is 2.52. The lowest BCUT2D eigenvalue weighted by Gasteiger charge is -2.14. The molecule has 2 aromatic carbocycles. The summed E-state index contributed by atoms with van der Waals surface area (Å²) >= 11 is 5.94. The molecule has 8 heteroatoms. The van der Waals surface area contributed by atoms with E-state index in [0.717, 1.165) is 5.01 Å². The molecule has 1 aliphatic rings. The molecular formula is C18H15ClN2O5. The molecule has 0 bridgehead atoms. The largest absolute Gasteiger partial charge is 0.502 e. The number of hydrogen-bond acceptors (Lipinski definition) is 5. The monoisotopic (exact) mass is 374 g/mol. The summed E-state index contributed by atoms with van der Waals surface area (Å²) in [6.07, 6.45) is 1.40. The predicted molar refractivity (Wildman–Crippen MR) is 96.3 cm³/mol. The standard InChI is InChI=1S/C18H15ClN2O5/c1-25-14-7-10(8-15(26-2)16(14)22)6-13-17(23)20-21(18(13)24)12-5-3-4-11(19)9-12/h3-9,22H,1-2H3,(H,20,23). The van der Waals surface area contributed by atoms with E-state index in [-0.39, 0.29) is 22.8 Å². The summed E-state index contributed by atoms with van der Waals surface area (Å²) in [6, 6.07) is 9.55. The summed E-state index contributed by atoms with van der Waals surface area (Å²) in [6.45, 7) is 0. The maximum absolute atomic E-state index is 12.6. The van der Waals surface area contributed by atoms with Crippen LogP contribution in [0.25, 0.3) is 6.08 Å². The Bertz CT molecular complexity index is 901. The van der Waals surface area contributed by atoms with E-state index in [2.05, 4.69) is 5.43 Å². The van der Waals surface area contributed by atoms with Crippen molar-refractivity contribution < 1.29 is 24.2 Å². The smallest absolute Gasteiger partial charge is 0.282 e. The summed E-state index contributed by atoms with van der Waals surface area (Å²) in [5.74, 6) is -0.924. The number of hydrogen-bond donors (Lipinski definition) is 2. The van der Waals surface area contributed by atoms with Gasteiger partial charge in [0.05, 0.1) is 19.9 Å². The van der Waals surface area contributed by atoms with E-state index in [1.54, 1.807) is 24.3 Å². The van der Waals surface area contributed by atoms with Crippen LogP contribution < -0.4 is 19.9 Å². The normalized spacial score (nSPS) is 15.3. The number of ether oxygens (including phenoxy) is 2. The van der Waals surface area contributed by atoms with Crippen LogP contribution in [0.1, 0.15) is 5.56 Å². The lowest BCUT2D eigenvalue weighted by atomic mass is 10.1. The molecule has 7 nitrogen and oxygen atoms in total. The molecule has 0 spiro atoms. The van der Waals surface area contributed by atoms with Crippen LogP contribution in [0.4, 0.5) is 5.69 Å². The van der Waals surface area contributed by atoms with Crippen molar-refractivity contribution in [1.82, 2.24) is 5.43 Å². The number of methoxy groups -OCH3 is 2. The first-order valence-corrected chi connectivity index (χ1v) is 7.90. The van der Waals surface area contributed by atoms with E-state index >= 15 is 0 Å². The van der Waals surface area contributed by atoms with Crippen LogP contribution in [0, 0.1) is 0 Å². The fraction of sp³-hybridized carbons (Fsp3) is 0.111. The second-order valence-electron chi connectivity index (χ2n) is 5.39. The number of nitrogens with one attached hydrogen (secondary N) is 1. The number of nitrogens with zero attached hydrogens (tertiary/aromatic N) is 1. The van der Waals surface area contributed by atoms with Gasteiger partial charge >= 0.3 is 0 Å². The number of phenolic OH excluding ortho intramolecular Hbond substituents is 1. The van der Waals surface area contributed by atoms with Crippen molar-refractivity contribution in [2.75, 3.05) is 19.2 Å². The minimum Gasteiger partial charge on any atom is -0.502 e. The van der Waals surface area contributed by atoms with Crippen molar-refractivity contribution in [3.63, 3.8) is 0 Å². The first-order valence-electron chi connectivity index (χ1n) is 7.52. The van der Waals surface area contributed by atoms with Crippen LogP contribution in [0.3, 0.4) is 0 Å².